The predicted molar refractivity (Wildman–Crippen MR) is 212 cm³/mol. The van der Waals surface area contributed by atoms with Crippen LogP contribution in [0, 0.1) is 0 Å². The molecule has 1 aliphatic heterocycles. The van der Waals surface area contributed by atoms with E-state index in [2.05, 4.69) is 142 Å². The highest BCUT2D eigenvalue weighted by atomic mass is 16.3. The summed E-state index contributed by atoms with van der Waals surface area (Å²) in [6.45, 7) is 0. The molecule has 7 aromatic carbocycles. The molecule has 5 heterocycles. The van der Waals surface area contributed by atoms with E-state index in [1.165, 1.54) is 32.6 Å². The summed E-state index contributed by atoms with van der Waals surface area (Å²) in [5.41, 5.74) is 10.9. The Morgan fingerprint density at radius 2 is 1.08 bits per heavy atom. The van der Waals surface area contributed by atoms with Crippen LogP contribution in [0.25, 0.3) is 82.2 Å². The maximum Gasteiger partial charge on any atom is 0.201 e. The van der Waals surface area contributed by atoms with Gasteiger partial charge in [-0.2, -0.15) is 0 Å². The zero-order chi connectivity index (χ0) is 33.9. The Kier molecular flexibility index (Phi) is 5.47. The van der Waals surface area contributed by atoms with Crippen LogP contribution in [0.2, 0.25) is 0 Å². The third kappa shape index (κ3) is 3.75. The maximum atomic E-state index is 6.58. The molecule has 0 aliphatic carbocycles. The molecule has 1 aliphatic rings. The van der Waals surface area contributed by atoms with Gasteiger partial charge in [0.1, 0.15) is 22.5 Å². The van der Waals surface area contributed by atoms with Crippen molar-refractivity contribution in [1.82, 2.24) is 9.13 Å². The fourth-order valence-corrected chi connectivity index (χ4v) is 8.48. The number of hydrogen-bond donors (Lipinski definition) is 1. The van der Waals surface area contributed by atoms with E-state index in [0.717, 1.165) is 72.4 Å². The molecule has 4 aromatic heterocycles. The van der Waals surface area contributed by atoms with E-state index >= 15 is 0 Å². The third-order valence-corrected chi connectivity index (χ3v) is 10.7. The molecule has 11 aromatic rings. The Labute approximate surface area is 296 Å². The first-order valence-corrected chi connectivity index (χ1v) is 17.6. The lowest BCUT2D eigenvalue weighted by Gasteiger charge is -2.25. The second-order valence-electron chi connectivity index (χ2n) is 13.6. The molecule has 0 fully saturated rings. The van der Waals surface area contributed by atoms with Gasteiger partial charge in [0.2, 0.25) is 6.29 Å². The summed E-state index contributed by atoms with van der Waals surface area (Å²) in [5.74, 6) is 0.724. The first kappa shape index (κ1) is 27.7. The summed E-state index contributed by atoms with van der Waals surface area (Å²) in [5, 5.41) is 11.8. The summed E-state index contributed by atoms with van der Waals surface area (Å²) in [7, 11) is 0. The Hall–Kier alpha value is -7.05. The van der Waals surface area contributed by atoms with E-state index in [1.54, 1.807) is 0 Å². The van der Waals surface area contributed by atoms with Gasteiger partial charge < -0.3 is 23.3 Å². The highest BCUT2D eigenvalue weighted by Crippen LogP contribution is 2.43. The summed E-state index contributed by atoms with van der Waals surface area (Å²) in [6.07, 6.45) is -0.461. The second kappa shape index (κ2) is 10.2. The molecular formula is C46H28N4O2. The number of aromatic nitrogens is 2. The number of nitrogens with zero attached hydrogens (tertiary/aromatic N) is 3. The van der Waals surface area contributed by atoms with E-state index < -0.39 is 6.29 Å². The Balaban J connectivity index is 1.14. The van der Waals surface area contributed by atoms with E-state index in [1.807, 2.05) is 30.3 Å². The summed E-state index contributed by atoms with van der Waals surface area (Å²) in [6, 6.07) is 55.4. The normalized spacial score (nSPS) is 14.6. The summed E-state index contributed by atoms with van der Waals surface area (Å²) >= 11 is 0. The van der Waals surface area contributed by atoms with Crippen molar-refractivity contribution in [2.24, 2.45) is 4.99 Å². The molecule has 6 heteroatoms. The van der Waals surface area contributed by atoms with Gasteiger partial charge in [0, 0.05) is 49.0 Å². The van der Waals surface area contributed by atoms with Crippen LogP contribution in [0.1, 0.15) is 17.6 Å². The van der Waals surface area contributed by atoms with Gasteiger partial charge in [-0.05, 0) is 66.7 Å². The van der Waals surface area contributed by atoms with Crippen molar-refractivity contribution < 1.29 is 8.83 Å². The van der Waals surface area contributed by atoms with Crippen LogP contribution in [-0.4, -0.2) is 14.8 Å². The van der Waals surface area contributed by atoms with Crippen LogP contribution in [0.3, 0.4) is 0 Å². The van der Waals surface area contributed by atoms with Crippen molar-refractivity contribution in [3.05, 3.63) is 169 Å². The van der Waals surface area contributed by atoms with Gasteiger partial charge in [-0.1, -0.05) is 91.0 Å². The predicted octanol–water partition coefficient (Wildman–Crippen LogP) is 12.0. The number of fused-ring (bicyclic) bond motifs is 12. The first-order valence-electron chi connectivity index (χ1n) is 17.6. The largest absolute Gasteiger partial charge is 0.456 e. The van der Waals surface area contributed by atoms with Crippen molar-refractivity contribution in [3.8, 4) is 5.69 Å². The zero-order valence-electron chi connectivity index (χ0n) is 27.7. The Bertz CT molecular complexity index is 3280. The number of rotatable bonds is 3. The first-order chi connectivity index (χ1) is 25.8. The van der Waals surface area contributed by atoms with Crippen LogP contribution in [0.15, 0.2) is 172 Å². The van der Waals surface area contributed by atoms with E-state index in [4.69, 9.17) is 13.8 Å². The molecule has 0 radical (unpaired) electrons. The molecule has 1 N–H and O–H groups in total. The number of hydrogen-bond acceptors (Lipinski definition) is 4. The van der Waals surface area contributed by atoms with Gasteiger partial charge in [0.25, 0.3) is 0 Å². The van der Waals surface area contributed by atoms with Gasteiger partial charge in [-0.25, -0.2) is 4.99 Å². The number of furan rings is 2. The van der Waals surface area contributed by atoms with Crippen molar-refractivity contribution in [2.75, 3.05) is 5.32 Å². The molecule has 52 heavy (non-hydrogen) atoms. The number of anilines is 1. The monoisotopic (exact) mass is 668 g/mol. The van der Waals surface area contributed by atoms with Gasteiger partial charge in [0.15, 0.2) is 5.76 Å². The zero-order valence-corrected chi connectivity index (χ0v) is 27.7. The van der Waals surface area contributed by atoms with Crippen LogP contribution >= 0.6 is 0 Å². The molecule has 12 rings (SSSR count). The van der Waals surface area contributed by atoms with Crippen LogP contribution in [-0.2, 0) is 0 Å². The number of benzene rings is 7. The fraction of sp³-hybridized carbons (Fsp3) is 0.0217. The van der Waals surface area contributed by atoms with Gasteiger partial charge in [-0.3, -0.25) is 0 Å². The summed E-state index contributed by atoms with van der Waals surface area (Å²) in [4.78, 5) is 5.52. The molecular weight excluding hydrogens is 641 g/mol. The van der Waals surface area contributed by atoms with Crippen LogP contribution < -0.4 is 5.32 Å². The molecule has 244 valence electrons. The highest BCUT2D eigenvalue weighted by molar-refractivity contribution is 6.21. The number of para-hydroxylation sites is 5. The molecule has 1 unspecified atom stereocenters. The topological polar surface area (TPSA) is 60.5 Å². The lowest BCUT2D eigenvalue weighted by Crippen LogP contribution is -2.24. The van der Waals surface area contributed by atoms with E-state index in [-0.39, 0.29) is 0 Å². The lowest BCUT2D eigenvalue weighted by molar-refractivity contribution is 0.577. The summed E-state index contributed by atoms with van der Waals surface area (Å²) < 4.78 is 17.7. The number of nitrogens with one attached hydrogen (secondary N) is 1. The smallest absolute Gasteiger partial charge is 0.201 e. The minimum Gasteiger partial charge on any atom is -0.456 e. The average molecular weight is 669 g/mol. The molecule has 0 spiro atoms. The van der Waals surface area contributed by atoms with Gasteiger partial charge in [-0.15, -0.1) is 0 Å². The van der Waals surface area contributed by atoms with Crippen LogP contribution in [0.4, 0.5) is 5.69 Å². The SMILES string of the molecule is c1ccc(-n2c3ccccc3c3cc4c(cc32)c2ccccc2n4C2N=C(c3ccc4c(c3)oc3ccccc34)c3oc4ccccc4c3N2)cc1. The van der Waals surface area contributed by atoms with Crippen molar-refractivity contribution >= 4 is 87.9 Å². The standard InChI is InChI=1S/C46H28N4O2/c1-2-12-28(13-3-1)49-36-18-8-4-14-29(36)34-26-39-35(25-38(34)49)30-15-5-9-19-37(30)50(39)46-47-43(45-44(48-46)33-17-7-11-21-41(33)52-45)27-22-23-32-31-16-6-10-20-40(31)51-42(32)24-27/h1-26,46,48H. The lowest BCUT2D eigenvalue weighted by atomic mass is 10.0. The molecule has 0 amide bonds. The Morgan fingerprint density at radius 1 is 0.462 bits per heavy atom. The highest BCUT2D eigenvalue weighted by Gasteiger charge is 2.31. The quantitative estimate of drug-likeness (QED) is 0.204. The van der Waals surface area contributed by atoms with E-state index in [9.17, 15) is 0 Å². The minimum absolute atomic E-state index is 0.461. The van der Waals surface area contributed by atoms with Crippen molar-refractivity contribution in [1.29, 1.82) is 0 Å². The molecule has 0 saturated carbocycles. The third-order valence-electron chi connectivity index (χ3n) is 10.7. The van der Waals surface area contributed by atoms with E-state index in [0.29, 0.717) is 0 Å². The van der Waals surface area contributed by atoms with Crippen molar-refractivity contribution in [2.45, 2.75) is 6.29 Å². The number of aliphatic imine (C=N–C) groups is 1. The van der Waals surface area contributed by atoms with Gasteiger partial charge in [0.05, 0.1) is 27.8 Å². The second-order valence-corrected chi connectivity index (χ2v) is 13.6. The maximum absolute atomic E-state index is 6.58. The molecule has 0 bridgehead atoms. The average Bonchev–Trinajstić information content (AvgIpc) is 3.94. The van der Waals surface area contributed by atoms with Gasteiger partial charge >= 0.3 is 0 Å². The van der Waals surface area contributed by atoms with Crippen LogP contribution in [0.5, 0.6) is 0 Å². The molecule has 6 nitrogen and oxygen atoms in total. The fourth-order valence-electron chi connectivity index (χ4n) is 8.48. The minimum atomic E-state index is -0.461. The van der Waals surface area contributed by atoms with Crippen molar-refractivity contribution in [3.63, 3.8) is 0 Å². The molecule has 0 saturated heterocycles. The molecule has 1 atom stereocenters. The Morgan fingerprint density at radius 3 is 1.90 bits per heavy atom.